The van der Waals surface area contributed by atoms with Crippen LogP contribution in [0.5, 0.6) is 0 Å². The minimum Gasteiger partial charge on any atom is -0.0983 e. The lowest BCUT2D eigenvalue weighted by molar-refractivity contribution is -0.421. The van der Waals surface area contributed by atoms with E-state index < -0.39 is 0 Å². The quantitative estimate of drug-likeness (QED) is 0.488. The molecule has 0 saturated carbocycles. The molecular weight excluding hydrogens is 172 g/mol. The predicted octanol–water partition coefficient (Wildman–Crippen LogP) is 2.20. The fourth-order valence-electron chi connectivity index (χ4n) is 1.73. The lowest BCUT2D eigenvalue weighted by Gasteiger charge is -1.95. The Morgan fingerprint density at radius 3 is 2.43 bits per heavy atom. The van der Waals surface area contributed by atoms with Gasteiger partial charge < -0.3 is 0 Å². The Kier molecular flexibility index (Phi) is 1.47. The first-order chi connectivity index (χ1) is 6.95. The molecule has 0 unspecified atom stereocenters. The zero-order chi connectivity index (χ0) is 9.38. The Morgan fingerprint density at radius 2 is 1.50 bits per heavy atom. The maximum atomic E-state index is 4.28. The van der Waals surface area contributed by atoms with Gasteiger partial charge in [0.25, 0.3) is 0 Å². The van der Waals surface area contributed by atoms with Crippen molar-refractivity contribution < 1.29 is 5.10 Å². The van der Waals surface area contributed by atoms with Crippen molar-refractivity contribution >= 4 is 21.8 Å². The van der Waals surface area contributed by atoms with Crippen LogP contribution in [0, 0.1) is 0 Å². The van der Waals surface area contributed by atoms with Gasteiger partial charge in [0.2, 0.25) is 5.52 Å². The second kappa shape index (κ2) is 2.77. The van der Waals surface area contributed by atoms with Crippen LogP contribution in [0.2, 0.25) is 0 Å². The molecule has 2 heteroatoms. The van der Waals surface area contributed by atoms with Crippen molar-refractivity contribution in [2.75, 3.05) is 0 Å². The first kappa shape index (κ1) is 7.44. The molecule has 0 aliphatic carbocycles. The largest absolute Gasteiger partial charge is 0.237 e. The minimum absolute atomic E-state index is 1.01. The van der Waals surface area contributed by atoms with Gasteiger partial charge >= 0.3 is 0 Å². The highest BCUT2D eigenvalue weighted by Crippen LogP contribution is 2.18. The van der Waals surface area contributed by atoms with E-state index in [0.29, 0.717) is 0 Å². The van der Waals surface area contributed by atoms with E-state index in [-0.39, 0.29) is 0 Å². The second-order valence-corrected chi connectivity index (χ2v) is 3.29. The molecule has 0 aliphatic heterocycles. The monoisotopic (exact) mass is 181 g/mol. The minimum atomic E-state index is 1.01. The average molecular weight is 181 g/mol. The van der Waals surface area contributed by atoms with Crippen molar-refractivity contribution in [3.05, 3.63) is 48.5 Å². The number of H-pyrrole nitrogens is 1. The Bertz CT molecular complexity index is 547. The zero-order valence-corrected chi connectivity index (χ0v) is 7.57. The lowest BCUT2D eigenvalue weighted by Crippen LogP contribution is -2.08. The van der Waals surface area contributed by atoms with Gasteiger partial charge in [0.15, 0.2) is 0 Å². The molecule has 0 spiro atoms. The number of benzene rings is 2. The first-order valence-electron chi connectivity index (χ1n) is 4.60. The molecular formula is C12H9N2+. The van der Waals surface area contributed by atoms with Gasteiger partial charge in [-0.05, 0) is 17.2 Å². The van der Waals surface area contributed by atoms with Crippen LogP contribution in [0.4, 0.5) is 0 Å². The van der Waals surface area contributed by atoms with E-state index in [2.05, 4.69) is 22.3 Å². The van der Waals surface area contributed by atoms with Gasteiger partial charge in [0, 0.05) is 11.5 Å². The van der Waals surface area contributed by atoms with E-state index >= 15 is 0 Å². The van der Waals surface area contributed by atoms with E-state index in [9.17, 15) is 0 Å². The molecule has 14 heavy (non-hydrogen) atoms. The summed E-state index contributed by atoms with van der Waals surface area (Å²) in [6.45, 7) is 0. The van der Waals surface area contributed by atoms with Gasteiger partial charge in [0.05, 0.1) is 5.39 Å². The topological polar surface area (TPSA) is 27.0 Å². The highest BCUT2D eigenvalue weighted by molar-refractivity contribution is 6.01. The first-order valence-corrected chi connectivity index (χ1v) is 4.60. The van der Waals surface area contributed by atoms with Gasteiger partial charge in [-0.2, -0.15) is 0 Å². The fourth-order valence-corrected chi connectivity index (χ4v) is 1.73. The average Bonchev–Trinajstić information content (AvgIpc) is 2.29. The Balaban J connectivity index is 2.61. The Labute approximate surface area is 81.2 Å². The third-order valence-electron chi connectivity index (χ3n) is 2.42. The van der Waals surface area contributed by atoms with Crippen molar-refractivity contribution in [1.29, 1.82) is 0 Å². The van der Waals surface area contributed by atoms with Crippen LogP contribution in [0.1, 0.15) is 0 Å². The summed E-state index contributed by atoms with van der Waals surface area (Å²) in [5, 5.41) is 9.74. The molecule has 3 rings (SSSR count). The van der Waals surface area contributed by atoms with Gasteiger partial charge in [-0.3, -0.25) is 0 Å². The standard InChI is InChI=1S/C12H8N2/c1-3-7-11-9(5-1)10-6-2-4-8-12(10)14-13-11/h1-8H/p+1. The highest BCUT2D eigenvalue weighted by Gasteiger charge is 2.05. The third-order valence-corrected chi connectivity index (χ3v) is 2.42. The molecule has 0 amide bonds. The number of aromatic amines is 1. The van der Waals surface area contributed by atoms with Crippen molar-refractivity contribution in [3.63, 3.8) is 0 Å². The number of hydrogen-bond acceptors (Lipinski definition) is 1. The summed E-state index contributed by atoms with van der Waals surface area (Å²) in [5.74, 6) is 0. The SMILES string of the molecule is c1ccc2c(c1)n[nH+]c1ccccc12. The molecule has 3 aromatic rings. The van der Waals surface area contributed by atoms with Crippen molar-refractivity contribution in [2.45, 2.75) is 0 Å². The molecule has 66 valence electrons. The maximum absolute atomic E-state index is 4.28. The summed E-state index contributed by atoms with van der Waals surface area (Å²) in [4.78, 5) is 0. The van der Waals surface area contributed by atoms with Crippen LogP contribution in [-0.4, -0.2) is 5.10 Å². The van der Waals surface area contributed by atoms with Crippen LogP contribution in [0.3, 0.4) is 0 Å². The molecule has 1 N–H and O–H groups in total. The maximum Gasteiger partial charge on any atom is 0.237 e. The molecule has 0 saturated heterocycles. The summed E-state index contributed by atoms with van der Waals surface area (Å²) in [5.41, 5.74) is 2.08. The molecule has 1 aromatic heterocycles. The van der Waals surface area contributed by atoms with Gasteiger partial charge in [-0.25, -0.2) is 0 Å². The number of aromatic nitrogens is 2. The zero-order valence-electron chi connectivity index (χ0n) is 7.57. The molecule has 0 fully saturated rings. The van der Waals surface area contributed by atoms with Crippen LogP contribution >= 0.6 is 0 Å². The van der Waals surface area contributed by atoms with E-state index in [1.54, 1.807) is 0 Å². The van der Waals surface area contributed by atoms with Crippen LogP contribution in [0.15, 0.2) is 48.5 Å². The normalized spacial score (nSPS) is 10.9. The second-order valence-electron chi connectivity index (χ2n) is 3.29. The van der Waals surface area contributed by atoms with Gasteiger partial charge in [-0.1, -0.05) is 35.4 Å². The van der Waals surface area contributed by atoms with E-state index in [1.807, 2.05) is 36.4 Å². The van der Waals surface area contributed by atoms with E-state index in [4.69, 9.17) is 0 Å². The highest BCUT2D eigenvalue weighted by atomic mass is 15.1. The summed E-state index contributed by atoms with van der Waals surface area (Å²) in [7, 11) is 0. The summed E-state index contributed by atoms with van der Waals surface area (Å²) >= 11 is 0. The third kappa shape index (κ3) is 0.973. The fraction of sp³-hybridized carbons (Fsp3) is 0. The predicted molar refractivity (Wildman–Crippen MR) is 55.8 cm³/mol. The Hall–Kier alpha value is -1.96. The van der Waals surface area contributed by atoms with Crippen LogP contribution in [-0.2, 0) is 0 Å². The van der Waals surface area contributed by atoms with Gasteiger partial charge in [-0.15, -0.1) is 0 Å². The summed E-state index contributed by atoms with van der Waals surface area (Å²) in [6, 6.07) is 16.3. The van der Waals surface area contributed by atoms with Crippen LogP contribution < -0.4 is 5.10 Å². The van der Waals surface area contributed by atoms with Crippen molar-refractivity contribution in [2.24, 2.45) is 0 Å². The molecule has 0 radical (unpaired) electrons. The number of nitrogens with one attached hydrogen (secondary N) is 1. The van der Waals surface area contributed by atoms with Crippen LogP contribution in [0.25, 0.3) is 21.8 Å². The molecule has 2 nitrogen and oxygen atoms in total. The summed E-state index contributed by atoms with van der Waals surface area (Å²) < 4.78 is 0. The molecule has 2 aromatic carbocycles. The number of fused-ring (bicyclic) bond motifs is 3. The number of hydrogen-bond donors (Lipinski definition) is 0. The van der Waals surface area contributed by atoms with E-state index in [1.165, 1.54) is 10.8 Å². The number of para-hydroxylation sites is 2. The lowest BCUT2D eigenvalue weighted by atomic mass is 10.1. The molecule has 0 atom stereocenters. The van der Waals surface area contributed by atoms with Crippen molar-refractivity contribution in [1.82, 2.24) is 5.10 Å². The number of nitrogens with zero attached hydrogens (tertiary/aromatic N) is 1. The van der Waals surface area contributed by atoms with Crippen molar-refractivity contribution in [3.8, 4) is 0 Å². The smallest absolute Gasteiger partial charge is 0.0983 e. The summed E-state index contributed by atoms with van der Waals surface area (Å²) in [6.07, 6.45) is 0. The Morgan fingerprint density at radius 1 is 0.786 bits per heavy atom. The molecule has 0 bridgehead atoms. The molecule has 0 aliphatic rings. The number of rotatable bonds is 0. The van der Waals surface area contributed by atoms with Gasteiger partial charge in [0.1, 0.15) is 5.52 Å². The molecule has 1 heterocycles. The van der Waals surface area contributed by atoms with E-state index in [0.717, 1.165) is 11.0 Å².